The second-order valence-electron chi connectivity index (χ2n) is 7.81. The van der Waals surface area contributed by atoms with Gasteiger partial charge in [0.25, 0.3) is 5.69 Å². The van der Waals surface area contributed by atoms with Crippen molar-refractivity contribution in [1.29, 1.82) is 0 Å². The van der Waals surface area contributed by atoms with E-state index in [9.17, 15) is 18.5 Å². The van der Waals surface area contributed by atoms with Crippen LogP contribution in [0.3, 0.4) is 0 Å². The molecule has 4 aliphatic carbocycles. The van der Waals surface area contributed by atoms with Gasteiger partial charge in [0.05, 0.1) is 9.82 Å². The highest BCUT2D eigenvalue weighted by atomic mass is 32.2. The van der Waals surface area contributed by atoms with Crippen LogP contribution in [0, 0.1) is 33.8 Å². The summed E-state index contributed by atoms with van der Waals surface area (Å²) in [7, 11) is -3.46. The van der Waals surface area contributed by atoms with E-state index in [2.05, 4.69) is 5.32 Å². The monoisotopic (exact) mass is 350 g/mol. The molecule has 5 rings (SSSR count). The zero-order valence-corrected chi connectivity index (χ0v) is 14.5. The molecule has 6 nitrogen and oxygen atoms in total. The van der Waals surface area contributed by atoms with Crippen molar-refractivity contribution >= 4 is 21.2 Å². The zero-order valence-electron chi connectivity index (χ0n) is 13.6. The van der Waals surface area contributed by atoms with Gasteiger partial charge in [0.15, 0.2) is 9.84 Å². The van der Waals surface area contributed by atoms with Crippen LogP contribution in [0.2, 0.25) is 0 Å². The maximum absolute atomic E-state index is 11.7. The van der Waals surface area contributed by atoms with Gasteiger partial charge in [-0.3, -0.25) is 10.1 Å². The number of anilines is 1. The van der Waals surface area contributed by atoms with Crippen molar-refractivity contribution in [2.75, 3.05) is 11.6 Å². The lowest BCUT2D eigenvalue weighted by molar-refractivity contribution is -0.384. The summed E-state index contributed by atoms with van der Waals surface area (Å²) in [6, 6.07) is 4.47. The van der Waals surface area contributed by atoms with Crippen molar-refractivity contribution in [3.8, 4) is 0 Å². The van der Waals surface area contributed by atoms with E-state index in [1.54, 1.807) is 6.07 Å². The highest BCUT2D eigenvalue weighted by Gasteiger charge is 2.48. The van der Waals surface area contributed by atoms with Crippen molar-refractivity contribution < 1.29 is 13.3 Å². The van der Waals surface area contributed by atoms with E-state index in [0.717, 1.165) is 18.1 Å². The summed E-state index contributed by atoms with van der Waals surface area (Å²) in [5.41, 5.74) is 0.302. The van der Waals surface area contributed by atoms with E-state index in [0.29, 0.717) is 17.5 Å². The normalized spacial score (nSPS) is 34.3. The molecular weight excluding hydrogens is 328 g/mol. The highest BCUT2D eigenvalue weighted by Crippen LogP contribution is 2.54. The third-order valence-electron chi connectivity index (χ3n) is 6.14. The van der Waals surface area contributed by atoms with Crippen molar-refractivity contribution in [3.05, 3.63) is 28.3 Å². The molecule has 1 aromatic rings. The summed E-state index contributed by atoms with van der Waals surface area (Å²) in [4.78, 5) is 10.9. The van der Waals surface area contributed by atoms with E-state index in [1.807, 2.05) is 0 Å². The number of sulfone groups is 1. The Morgan fingerprint density at radius 3 is 2.17 bits per heavy atom. The Balaban J connectivity index is 1.64. The molecule has 0 amide bonds. The first-order valence-electron chi connectivity index (χ1n) is 8.56. The Labute approximate surface area is 141 Å². The fourth-order valence-electron chi connectivity index (χ4n) is 5.36. The standard InChI is InChI=1S/C17H22N2O4S/c1-24(22,23)14-2-3-15(16(9-14)19(20)21)18-17-12-5-10-4-11(7-12)8-13(17)6-10/h2-3,9-13,17-18H,4-8H2,1H3. The van der Waals surface area contributed by atoms with Crippen LogP contribution in [-0.2, 0) is 9.84 Å². The number of nitrogens with one attached hydrogen (secondary N) is 1. The lowest BCUT2D eigenvalue weighted by Crippen LogP contribution is -2.51. The van der Waals surface area contributed by atoms with E-state index in [4.69, 9.17) is 0 Å². The molecule has 1 N–H and O–H groups in total. The summed E-state index contributed by atoms with van der Waals surface area (Å²) < 4.78 is 23.3. The lowest BCUT2D eigenvalue weighted by Gasteiger charge is -2.54. The van der Waals surface area contributed by atoms with Crippen LogP contribution in [-0.4, -0.2) is 25.6 Å². The zero-order chi connectivity index (χ0) is 17.1. The van der Waals surface area contributed by atoms with Crippen LogP contribution in [0.4, 0.5) is 11.4 Å². The Kier molecular flexibility index (Phi) is 3.60. The van der Waals surface area contributed by atoms with Crippen LogP contribution in [0.15, 0.2) is 23.1 Å². The summed E-state index contributed by atoms with van der Waals surface area (Å²) in [6.45, 7) is 0. The van der Waals surface area contributed by atoms with Gasteiger partial charge in [0, 0.05) is 18.4 Å². The predicted molar refractivity (Wildman–Crippen MR) is 90.7 cm³/mol. The second kappa shape index (κ2) is 5.44. The molecular formula is C17H22N2O4S. The van der Waals surface area contributed by atoms with Crippen molar-refractivity contribution in [2.45, 2.75) is 43.0 Å². The largest absolute Gasteiger partial charge is 0.376 e. The summed E-state index contributed by atoms with van der Waals surface area (Å²) in [5, 5.41) is 14.8. The molecule has 0 radical (unpaired) electrons. The predicted octanol–water partition coefficient (Wildman–Crippen LogP) is 3.23. The third kappa shape index (κ3) is 2.68. The van der Waals surface area contributed by atoms with Crippen molar-refractivity contribution in [3.63, 3.8) is 0 Å². The Morgan fingerprint density at radius 2 is 1.67 bits per heavy atom. The molecule has 0 spiro atoms. The smallest absolute Gasteiger partial charge is 0.293 e. The fraction of sp³-hybridized carbons (Fsp3) is 0.647. The molecule has 0 unspecified atom stereocenters. The minimum Gasteiger partial charge on any atom is -0.376 e. The number of hydrogen-bond donors (Lipinski definition) is 1. The number of nitro groups is 1. The van der Waals surface area contributed by atoms with E-state index >= 15 is 0 Å². The number of benzene rings is 1. The Bertz CT molecular complexity index is 762. The Hall–Kier alpha value is -1.63. The average Bonchev–Trinajstić information content (AvgIpc) is 2.49. The molecule has 0 atom stereocenters. The lowest BCUT2D eigenvalue weighted by atomic mass is 9.54. The maximum atomic E-state index is 11.7. The molecule has 24 heavy (non-hydrogen) atoms. The van der Waals surface area contributed by atoms with Gasteiger partial charge in [0.1, 0.15) is 5.69 Å². The summed E-state index contributed by atoms with van der Waals surface area (Å²) >= 11 is 0. The Morgan fingerprint density at radius 1 is 1.08 bits per heavy atom. The first-order valence-corrected chi connectivity index (χ1v) is 10.5. The topological polar surface area (TPSA) is 89.3 Å². The fourth-order valence-corrected chi connectivity index (χ4v) is 6.00. The average molecular weight is 350 g/mol. The number of nitro benzene ring substituents is 1. The maximum Gasteiger partial charge on any atom is 0.293 e. The molecule has 0 aliphatic heterocycles. The molecule has 0 saturated heterocycles. The minimum absolute atomic E-state index is 0.00941. The number of rotatable bonds is 4. The number of nitrogens with zero attached hydrogens (tertiary/aromatic N) is 1. The second-order valence-corrected chi connectivity index (χ2v) is 9.82. The summed E-state index contributed by atoms with van der Waals surface area (Å²) in [5.74, 6) is 2.87. The van der Waals surface area contributed by atoms with E-state index in [-0.39, 0.29) is 16.6 Å². The minimum atomic E-state index is -3.46. The highest BCUT2D eigenvalue weighted by molar-refractivity contribution is 7.90. The molecule has 4 fully saturated rings. The molecule has 4 bridgehead atoms. The molecule has 0 aromatic heterocycles. The molecule has 130 valence electrons. The van der Waals surface area contributed by atoms with Crippen molar-refractivity contribution in [1.82, 2.24) is 0 Å². The van der Waals surface area contributed by atoms with Gasteiger partial charge in [-0.15, -0.1) is 0 Å². The molecule has 1 aromatic carbocycles. The van der Waals surface area contributed by atoms with Gasteiger partial charge in [-0.25, -0.2) is 8.42 Å². The first kappa shape index (κ1) is 15.9. The molecule has 4 aliphatic rings. The van der Waals surface area contributed by atoms with Crippen LogP contribution in [0.25, 0.3) is 0 Å². The van der Waals surface area contributed by atoms with Gasteiger partial charge in [-0.05, 0) is 67.9 Å². The van der Waals surface area contributed by atoms with Crippen LogP contribution in [0.5, 0.6) is 0 Å². The van der Waals surface area contributed by atoms with E-state index in [1.165, 1.54) is 44.2 Å². The van der Waals surface area contributed by atoms with E-state index < -0.39 is 14.8 Å². The van der Waals surface area contributed by atoms with Crippen molar-refractivity contribution in [2.24, 2.45) is 23.7 Å². The molecule has 7 heteroatoms. The third-order valence-corrected chi connectivity index (χ3v) is 7.25. The SMILES string of the molecule is CS(=O)(=O)c1ccc(NC2C3CC4CC(C3)CC2C4)c([N+](=O)[O-])c1. The van der Waals surface area contributed by atoms with Gasteiger partial charge in [0.2, 0.25) is 0 Å². The molecule has 0 heterocycles. The van der Waals surface area contributed by atoms with Gasteiger partial charge >= 0.3 is 0 Å². The van der Waals surface area contributed by atoms with Gasteiger partial charge < -0.3 is 5.32 Å². The van der Waals surface area contributed by atoms with Crippen LogP contribution in [0.1, 0.15) is 32.1 Å². The quantitative estimate of drug-likeness (QED) is 0.665. The number of hydrogen-bond acceptors (Lipinski definition) is 5. The van der Waals surface area contributed by atoms with Crippen LogP contribution < -0.4 is 5.32 Å². The first-order chi connectivity index (χ1) is 11.3. The van der Waals surface area contributed by atoms with Gasteiger partial charge in [-0.2, -0.15) is 0 Å². The van der Waals surface area contributed by atoms with Crippen LogP contribution >= 0.6 is 0 Å². The summed E-state index contributed by atoms with van der Waals surface area (Å²) in [6.07, 6.45) is 7.32. The molecule has 4 saturated carbocycles. The van der Waals surface area contributed by atoms with Gasteiger partial charge in [-0.1, -0.05) is 0 Å².